The third kappa shape index (κ3) is 5.34. The van der Waals surface area contributed by atoms with E-state index in [9.17, 15) is 4.79 Å². The number of ether oxygens (including phenoxy) is 1. The van der Waals surface area contributed by atoms with E-state index in [4.69, 9.17) is 4.74 Å². The average Bonchev–Trinajstić information content (AvgIpc) is 2.37. The second-order valence-electron chi connectivity index (χ2n) is 6.12. The zero-order chi connectivity index (χ0) is 16.0. The summed E-state index contributed by atoms with van der Waals surface area (Å²) in [5.74, 6) is 0.890. The van der Waals surface area contributed by atoms with Crippen LogP contribution in [-0.4, -0.2) is 36.7 Å². The zero-order valence-corrected chi connectivity index (χ0v) is 13.9. The summed E-state index contributed by atoms with van der Waals surface area (Å²) in [6.45, 7) is 11.2. The number of nitrogens with one attached hydrogen (secondary N) is 2. The van der Waals surface area contributed by atoms with Gasteiger partial charge in [-0.15, -0.1) is 0 Å². The van der Waals surface area contributed by atoms with Gasteiger partial charge in [-0.1, -0.05) is 13.8 Å². The standard InChI is InChI=1S/C16H27N3O2/c1-7-17-14-9-12(8-13(18-14)11(2)3)15(20)19-16(4,5)10-21-6/h8-9,11H,7,10H2,1-6H3,(H,17,18)(H,19,20). The van der Waals surface area contributed by atoms with Gasteiger partial charge in [-0.25, -0.2) is 4.98 Å². The molecule has 0 spiro atoms. The van der Waals surface area contributed by atoms with Gasteiger partial charge in [0.25, 0.3) is 5.91 Å². The number of hydrogen-bond donors (Lipinski definition) is 2. The van der Waals surface area contributed by atoms with Crippen molar-refractivity contribution in [2.24, 2.45) is 0 Å². The molecule has 5 nitrogen and oxygen atoms in total. The Morgan fingerprint density at radius 1 is 1.38 bits per heavy atom. The Balaban J connectivity index is 3.02. The van der Waals surface area contributed by atoms with Gasteiger partial charge in [-0.3, -0.25) is 4.79 Å². The van der Waals surface area contributed by atoms with E-state index in [0.717, 1.165) is 18.1 Å². The Bertz CT molecular complexity index is 484. The molecule has 2 N–H and O–H groups in total. The molecule has 0 atom stereocenters. The van der Waals surface area contributed by atoms with Crippen LogP contribution in [0.25, 0.3) is 0 Å². The number of anilines is 1. The topological polar surface area (TPSA) is 63.2 Å². The van der Waals surface area contributed by atoms with Crippen molar-refractivity contribution < 1.29 is 9.53 Å². The van der Waals surface area contributed by atoms with Crippen LogP contribution >= 0.6 is 0 Å². The fourth-order valence-electron chi connectivity index (χ4n) is 2.03. The summed E-state index contributed by atoms with van der Waals surface area (Å²) in [7, 11) is 1.63. The number of rotatable bonds is 7. The number of methoxy groups -OCH3 is 1. The summed E-state index contributed by atoms with van der Waals surface area (Å²) < 4.78 is 5.13. The highest BCUT2D eigenvalue weighted by Gasteiger charge is 2.22. The van der Waals surface area contributed by atoms with E-state index in [0.29, 0.717) is 12.2 Å². The van der Waals surface area contributed by atoms with Crippen LogP contribution in [-0.2, 0) is 4.74 Å². The number of amides is 1. The molecule has 0 fully saturated rings. The van der Waals surface area contributed by atoms with E-state index in [1.54, 1.807) is 13.2 Å². The molecule has 0 radical (unpaired) electrons. The van der Waals surface area contributed by atoms with Crippen molar-refractivity contribution in [2.75, 3.05) is 25.6 Å². The predicted octanol–water partition coefficient (Wildman–Crippen LogP) is 2.79. The molecular weight excluding hydrogens is 266 g/mol. The Labute approximate surface area is 127 Å². The average molecular weight is 293 g/mol. The number of nitrogens with zero attached hydrogens (tertiary/aromatic N) is 1. The highest BCUT2D eigenvalue weighted by molar-refractivity contribution is 5.95. The van der Waals surface area contributed by atoms with E-state index in [1.807, 2.05) is 26.8 Å². The van der Waals surface area contributed by atoms with Crippen LogP contribution in [0, 0.1) is 0 Å². The minimum atomic E-state index is -0.411. The van der Waals surface area contributed by atoms with Gasteiger partial charge in [0.1, 0.15) is 5.82 Å². The quantitative estimate of drug-likeness (QED) is 0.811. The number of pyridine rings is 1. The fourth-order valence-corrected chi connectivity index (χ4v) is 2.03. The molecule has 0 aliphatic carbocycles. The van der Waals surface area contributed by atoms with Crippen molar-refractivity contribution in [2.45, 2.75) is 46.1 Å². The zero-order valence-electron chi connectivity index (χ0n) is 13.9. The Kier molecular flexibility index (Phi) is 6.15. The molecule has 1 rings (SSSR count). The largest absolute Gasteiger partial charge is 0.382 e. The number of aromatic nitrogens is 1. The maximum atomic E-state index is 12.4. The van der Waals surface area contributed by atoms with E-state index < -0.39 is 5.54 Å². The lowest BCUT2D eigenvalue weighted by Gasteiger charge is -2.25. The smallest absolute Gasteiger partial charge is 0.251 e. The predicted molar refractivity (Wildman–Crippen MR) is 85.9 cm³/mol. The van der Waals surface area contributed by atoms with Crippen LogP contribution < -0.4 is 10.6 Å². The van der Waals surface area contributed by atoms with Gasteiger partial charge in [-0.05, 0) is 38.8 Å². The lowest BCUT2D eigenvalue weighted by molar-refractivity contribution is 0.0820. The van der Waals surface area contributed by atoms with Crippen molar-refractivity contribution >= 4 is 11.7 Å². The molecule has 1 aromatic rings. The molecule has 0 aliphatic heterocycles. The first-order valence-electron chi connectivity index (χ1n) is 7.36. The van der Waals surface area contributed by atoms with Crippen LogP contribution in [0.3, 0.4) is 0 Å². The Morgan fingerprint density at radius 3 is 2.57 bits per heavy atom. The van der Waals surface area contributed by atoms with Gasteiger partial charge in [0, 0.05) is 24.9 Å². The highest BCUT2D eigenvalue weighted by Crippen LogP contribution is 2.18. The summed E-state index contributed by atoms with van der Waals surface area (Å²) in [5.41, 5.74) is 1.11. The van der Waals surface area contributed by atoms with Crippen molar-refractivity contribution in [3.8, 4) is 0 Å². The first-order valence-corrected chi connectivity index (χ1v) is 7.36. The number of carbonyl (C=O) groups excluding carboxylic acids is 1. The minimum absolute atomic E-state index is 0.111. The fraction of sp³-hybridized carbons (Fsp3) is 0.625. The van der Waals surface area contributed by atoms with Gasteiger partial charge >= 0.3 is 0 Å². The second-order valence-corrected chi connectivity index (χ2v) is 6.12. The number of hydrogen-bond acceptors (Lipinski definition) is 4. The normalized spacial score (nSPS) is 11.6. The summed E-state index contributed by atoms with van der Waals surface area (Å²) in [4.78, 5) is 17.0. The molecule has 0 bridgehead atoms. The first-order chi connectivity index (χ1) is 9.79. The van der Waals surface area contributed by atoms with E-state index >= 15 is 0 Å². The molecule has 0 unspecified atom stereocenters. The summed E-state index contributed by atoms with van der Waals surface area (Å²) >= 11 is 0. The van der Waals surface area contributed by atoms with Crippen LogP contribution in [0.4, 0.5) is 5.82 Å². The first kappa shape index (κ1) is 17.4. The molecule has 1 amide bonds. The molecule has 0 aromatic carbocycles. The lowest BCUT2D eigenvalue weighted by atomic mass is 10.0. The maximum Gasteiger partial charge on any atom is 0.251 e. The summed E-state index contributed by atoms with van der Waals surface area (Å²) in [6, 6.07) is 3.64. The number of carbonyl (C=O) groups is 1. The monoisotopic (exact) mass is 293 g/mol. The Morgan fingerprint density at radius 2 is 2.05 bits per heavy atom. The minimum Gasteiger partial charge on any atom is -0.382 e. The molecule has 1 aromatic heterocycles. The lowest BCUT2D eigenvalue weighted by Crippen LogP contribution is -2.46. The van der Waals surface area contributed by atoms with Crippen LogP contribution in [0.15, 0.2) is 12.1 Å². The van der Waals surface area contributed by atoms with E-state index in [-0.39, 0.29) is 11.8 Å². The summed E-state index contributed by atoms with van der Waals surface area (Å²) in [6.07, 6.45) is 0. The summed E-state index contributed by atoms with van der Waals surface area (Å²) in [5, 5.41) is 6.16. The van der Waals surface area contributed by atoms with Crippen molar-refractivity contribution in [1.82, 2.24) is 10.3 Å². The van der Waals surface area contributed by atoms with Gasteiger partial charge in [0.15, 0.2) is 0 Å². The SMILES string of the molecule is CCNc1cc(C(=O)NC(C)(C)COC)cc(C(C)C)n1. The third-order valence-electron chi connectivity index (χ3n) is 3.01. The molecule has 21 heavy (non-hydrogen) atoms. The van der Waals surface area contributed by atoms with Crippen LogP contribution in [0.2, 0.25) is 0 Å². The van der Waals surface area contributed by atoms with E-state index in [2.05, 4.69) is 29.5 Å². The van der Waals surface area contributed by atoms with E-state index in [1.165, 1.54) is 0 Å². The molecule has 1 heterocycles. The van der Waals surface area contributed by atoms with Gasteiger partial charge in [-0.2, -0.15) is 0 Å². The van der Waals surface area contributed by atoms with Crippen molar-refractivity contribution in [3.63, 3.8) is 0 Å². The molecule has 0 saturated carbocycles. The van der Waals surface area contributed by atoms with Gasteiger partial charge in [0.05, 0.1) is 12.1 Å². The molecule has 5 heteroatoms. The Hall–Kier alpha value is -1.62. The maximum absolute atomic E-state index is 12.4. The van der Waals surface area contributed by atoms with Crippen LogP contribution in [0.5, 0.6) is 0 Å². The molecule has 0 aliphatic rings. The molecular formula is C16H27N3O2. The molecule has 0 saturated heterocycles. The highest BCUT2D eigenvalue weighted by atomic mass is 16.5. The van der Waals surface area contributed by atoms with Gasteiger partial charge < -0.3 is 15.4 Å². The van der Waals surface area contributed by atoms with Crippen LogP contribution in [0.1, 0.15) is 56.6 Å². The molecule has 118 valence electrons. The third-order valence-corrected chi connectivity index (χ3v) is 3.01. The van der Waals surface area contributed by atoms with Crippen molar-refractivity contribution in [1.29, 1.82) is 0 Å². The van der Waals surface area contributed by atoms with Crippen molar-refractivity contribution in [3.05, 3.63) is 23.4 Å². The van der Waals surface area contributed by atoms with Gasteiger partial charge in [0.2, 0.25) is 0 Å². The second kappa shape index (κ2) is 7.41.